The van der Waals surface area contributed by atoms with Gasteiger partial charge in [0.1, 0.15) is 0 Å². The largest absolute Gasteiger partial charge is 0.416 e. The van der Waals surface area contributed by atoms with Gasteiger partial charge in [-0.15, -0.1) is 5.10 Å². The lowest BCUT2D eigenvalue weighted by molar-refractivity contribution is -0.137. The van der Waals surface area contributed by atoms with E-state index >= 15 is 0 Å². The Morgan fingerprint density at radius 2 is 1.50 bits per heavy atom. The molecule has 0 aliphatic carbocycles. The quantitative estimate of drug-likeness (QED) is 0.250. The Morgan fingerprint density at radius 3 is 2.14 bits per heavy atom. The lowest BCUT2D eigenvalue weighted by Crippen LogP contribution is -2.05. The number of aryl methyl sites for hydroxylation is 1. The van der Waals surface area contributed by atoms with Crippen molar-refractivity contribution >= 4 is 23.2 Å². The van der Waals surface area contributed by atoms with Crippen LogP contribution >= 0.6 is 23.2 Å². The second-order valence-electron chi connectivity index (χ2n) is 7.94. The van der Waals surface area contributed by atoms with Gasteiger partial charge in [0.05, 0.1) is 22.5 Å². The van der Waals surface area contributed by atoms with Gasteiger partial charge in [-0.1, -0.05) is 53.0 Å². The summed E-state index contributed by atoms with van der Waals surface area (Å²) >= 11 is 12.3. The summed E-state index contributed by atoms with van der Waals surface area (Å²) in [7, 11) is 0. The first-order chi connectivity index (χ1) is 17.2. The van der Waals surface area contributed by atoms with Crippen LogP contribution in [0.25, 0.3) is 39.7 Å². The predicted octanol–water partition coefficient (Wildman–Crippen LogP) is 7.09. The van der Waals surface area contributed by atoms with Gasteiger partial charge in [0.15, 0.2) is 11.6 Å². The lowest BCUT2D eigenvalue weighted by Gasteiger charge is -2.13. The molecular weight excluding hydrogens is 512 g/mol. The molecule has 0 radical (unpaired) electrons. The van der Waals surface area contributed by atoms with E-state index in [1.54, 1.807) is 18.2 Å². The summed E-state index contributed by atoms with van der Waals surface area (Å²) in [5, 5.41) is 12.8. The third-order valence-electron chi connectivity index (χ3n) is 5.38. The molecule has 180 valence electrons. The average molecular weight is 527 g/mol. The Balaban J connectivity index is 1.70. The number of alkyl halides is 3. The number of hydrogen-bond donors (Lipinski definition) is 0. The molecule has 36 heavy (non-hydrogen) atoms. The molecule has 6 nitrogen and oxygen atoms in total. The first kappa shape index (κ1) is 23.9. The molecule has 0 aliphatic heterocycles. The molecule has 0 fully saturated rings. The number of rotatable bonds is 4. The van der Waals surface area contributed by atoms with Gasteiger partial charge in [-0.2, -0.15) is 17.9 Å². The average Bonchev–Trinajstić information content (AvgIpc) is 3.33. The van der Waals surface area contributed by atoms with Gasteiger partial charge < -0.3 is 0 Å². The van der Waals surface area contributed by atoms with Gasteiger partial charge in [0, 0.05) is 27.4 Å². The molecule has 11 heteroatoms. The summed E-state index contributed by atoms with van der Waals surface area (Å²) in [4.78, 5) is 9.14. The number of benzene rings is 3. The van der Waals surface area contributed by atoms with E-state index in [0.717, 1.165) is 17.7 Å². The van der Waals surface area contributed by atoms with E-state index in [4.69, 9.17) is 23.2 Å². The van der Waals surface area contributed by atoms with Crippen molar-refractivity contribution in [2.24, 2.45) is 0 Å². The van der Waals surface area contributed by atoms with Crippen molar-refractivity contribution in [3.8, 4) is 39.7 Å². The van der Waals surface area contributed by atoms with Crippen LogP contribution in [0.15, 0.2) is 72.9 Å². The van der Waals surface area contributed by atoms with Crippen molar-refractivity contribution in [2.45, 2.75) is 13.1 Å². The Morgan fingerprint density at radius 1 is 0.833 bits per heavy atom. The number of tetrazole rings is 1. The van der Waals surface area contributed by atoms with Gasteiger partial charge >= 0.3 is 6.18 Å². The zero-order valence-electron chi connectivity index (χ0n) is 18.5. The standard InChI is InChI=1S/C25H15Cl2F3N6/c1-14-2-8-20(9-3-14)36-24(33-34-35-36)21-13-31-23(16-10-18(26)12-19(27)11-16)32-22(21)15-4-6-17(7-5-15)25(28,29)30/h2-13H,1H3. The molecule has 0 saturated heterocycles. The van der Waals surface area contributed by atoms with Crippen LogP contribution in [0.2, 0.25) is 10.0 Å². The van der Waals surface area contributed by atoms with Crippen molar-refractivity contribution in [1.29, 1.82) is 0 Å². The zero-order valence-corrected chi connectivity index (χ0v) is 20.0. The van der Waals surface area contributed by atoms with Crippen LogP contribution in [-0.2, 0) is 6.18 Å². The van der Waals surface area contributed by atoms with E-state index < -0.39 is 11.7 Å². The Labute approximate surface area is 213 Å². The fraction of sp³-hybridized carbons (Fsp3) is 0.0800. The highest BCUT2D eigenvalue weighted by atomic mass is 35.5. The molecule has 3 aromatic carbocycles. The maximum Gasteiger partial charge on any atom is 0.416 e. The van der Waals surface area contributed by atoms with Gasteiger partial charge in [-0.25, -0.2) is 9.97 Å². The van der Waals surface area contributed by atoms with Crippen LogP contribution in [0, 0.1) is 6.92 Å². The second-order valence-corrected chi connectivity index (χ2v) is 8.81. The fourth-order valence-corrected chi connectivity index (χ4v) is 4.15. The number of hydrogen-bond acceptors (Lipinski definition) is 5. The van der Waals surface area contributed by atoms with Gasteiger partial charge in [0.25, 0.3) is 0 Å². The smallest absolute Gasteiger partial charge is 0.236 e. The third kappa shape index (κ3) is 4.80. The SMILES string of the molecule is Cc1ccc(-n2nnnc2-c2cnc(-c3cc(Cl)cc(Cl)c3)nc2-c2ccc(C(F)(F)F)cc2)cc1. The highest BCUT2D eigenvalue weighted by Gasteiger charge is 2.30. The number of halogens is 5. The molecule has 5 rings (SSSR count). The van der Waals surface area contributed by atoms with Gasteiger partial charge in [0.2, 0.25) is 0 Å². The van der Waals surface area contributed by atoms with Gasteiger partial charge in [-0.05, 0) is 59.8 Å². The Kier molecular flexibility index (Phi) is 6.19. The van der Waals surface area contributed by atoms with Crippen molar-refractivity contribution < 1.29 is 13.2 Å². The minimum absolute atomic E-state index is 0.285. The molecule has 0 amide bonds. The summed E-state index contributed by atoms with van der Waals surface area (Å²) in [6, 6.07) is 17.1. The minimum Gasteiger partial charge on any atom is -0.236 e. The van der Waals surface area contributed by atoms with Gasteiger partial charge in [-0.3, -0.25) is 0 Å². The molecule has 0 N–H and O–H groups in total. The first-order valence-electron chi connectivity index (χ1n) is 10.6. The molecule has 0 saturated carbocycles. The Bertz CT molecular complexity index is 1530. The van der Waals surface area contributed by atoms with Crippen molar-refractivity contribution in [1.82, 2.24) is 30.2 Å². The molecule has 0 spiro atoms. The highest BCUT2D eigenvalue weighted by Crippen LogP contribution is 2.35. The van der Waals surface area contributed by atoms with Crippen molar-refractivity contribution in [3.05, 3.63) is 94.1 Å². The maximum atomic E-state index is 13.2. The molecule has 5 aromatic rings. The van der Waals surface area contributed by atoms with E-state index in [0.29, 0.717) is 43.9 Å². The summed E-state index contributed by atoms with van der Waals surface area (Å²) < 4.78 is 41.0. The summed E-state index contributed by atoms with van der Waals surface area (Å²) in [5.41, 5.74) is 2.73. The zero-order chi connectivity index (χ0) is 25.4. The summed E-state index contributed by atoms with van der Waals surface area (Å²) in [5.74, 6) is 0.608. The number of nitrogens with zero attached hydrogens (tertiary/aromatic N) is 6. The first-order valence-corrected chi connectivity index (χ1v) is 11.3. The molecule has 0 bridgehead atoms. The summed E-state index contributed by atoms with van der Waals surface area (Å²) in [6.45, 7) is 1.96. The van der Waals surface area contributed by atoms with Crippen LogP contribution in [-0.4, -0.2) is 30.2 Å². The van der Waals surface area contributed by atoms with E-state index in [1.807, 2.05) is 31.2 Å². The van der Waals surface area contributed by atoms with Crippen molar-refractivity contribution in [2.75, 3.05) is 0 Å². The van der Waals surface area contributed by atoms with E-state index in [-0.39, 0.29) is 5.82 Å². The second kappa shape index (κ2) is 9.33. The molecule has 2 heterocycles. The maximum absolute atomic E-state index is 13.2. The monoisotopic (exact) mass is 526 g/mol. The fourth-order valence-electron chi connectivity index (χ4n) is 3.62. The van der Waals surface area contributed by atoms with Crippen LogP contribution in [0.5, 0.6) is 0 Å². The molecular formula is C25H15Cl2F3N6. The lowest BCUT2D eigenvalue weighted by atomic mass is 10.0. The van der Waals surface area contributed by atoms with E-state index in [1.165, 1.54) is 23.0 Å². The summed E-state index contributed by atoms with van der Waals surface area (Å²) in [6.07, 6.45) is -2.94. The van der Waals surface area contributed by atoms with E-state index in [9.17, 15) is 13.2 Å². The molecule has 0 unspecified atom stereocenters. The molecule has 0 aliphatic rings. The highest BCUT2D eigenvalue weighted by molar-refractivity contribution is 6.35. The van der Waals surface area contributed by atoms with E-state index in [2.05, 4.69) is 25.5 Å². The van der Waals surface area contributed by atoms with Crippen LogP contribution in [0.1, 0.15) is 11.1 Å². The molecule has 2 aromatic heterocycles. The minimum atomic E-state index is -4.47. The number of aromatic nitrogens is 6. The predicted molar refractivity (Wildman–Crippen MR) is 131 cm³/mol. The van der Waals surface area contributed by atoms with Crippen molar-refractivity contribution in [3.63, 3.8) is 0 Å². The normalized spacial score (nSPS) is 11.6. The topological polar surface area (TPSA) is 69.4 Å². The van der Waals surface area contributed by atoms with Crippen LogP contribution in [0.4, 0.5) is 13.2 Å². The third-order valence-corrected chi connectivity index (χ3v) is 5.82. The van der Waals surface area contributed by atoms with Crippen LogP contribution in [0.3, 0.4) is 0 Å². The van der Waals surface area contributed by atoms with Crippen LogP contribution < -0.4 is 0 Å². The molecule has 0 atom stereocenters. The Hall–Kier alpha value is -3.82.